The smallest absolute Gasteiger partial charge is 0.261 e. The summed E-state index contributed by atoms with van der Waals surface area (Å²) in [4.78, 5) is 16.2. The Morgan fingerprint density at radius 3 is 2.18 bits per heavy atom. The van der Waals surface area contributed by atoms with Crippen molar-refractivity contribution in [1.82, 2.24) is 4.90 Å². The zero-order valence-corrected chi connectivity index (χ0v) is 20.1. The number of aliphatic hydroxyl groups is 2. The quantitative estimate of drug-likeness (QED) is 0.558. The highest BCUT2D eigenvalue weighted by Crippen LogP contribution is 2.35. The Bertz CT molecular complexity index is 1090. The number of anilines is 1. The molecule has 0 aromatic heterocycles. The maximum Gasteiger partial charge on any atom is 0.261 e. The topological polar surface area (TPSA) is 118 Å². The first kappa shape index (κ1) is 26.2. The average Bonchev–Trinajstić information content (AvgIpc) is 2.78. The maximum absolute atomic E-state index is 13.2. The molecule has 2 aromatic carbocycles. The predicted molar refractivity (Wildman–Crippen MR) is 126 cm³/mol. The molecule has 2 aromatic rings. The Kier molecular flexibility index (Phi) is 8.10. The van der Waals surface area contributed by atoms with Gasteiger partial charge in [0.15, 0.2) is 0 Å². The van der Waals surface area contributed by atoms with Crippen molar-refractivity contribution in [3.63, 3.8) is 0 Å². The number of halogens is 1. The van der Waals surface area contributed by atoms with Crippen LogP contribution in [0.5, 0.6) is 0 Å². The second-order valence-electron chi connectivity index (χ2n) is 8.85. The molecule has 0 aliphatic carbocycles. The van der Waals surface area contributed by atoms with Gasteiger partial charge < -0.3 is 10.2 Å². The van der Waals surface area contributed by atoms with E-state index in [-0.39, 0.29) is 17.8 Å². The fourth-order valence-electron chi connectivity index (χ4n) is 4.50. The van der Waals surface area contributed by atoms with E-state index in [1.807, 2.05) is 31.2 Å². The lowest BCUT2D eigenvalue weighted by molar-refractivity contribution is -0.122. The molecule has 34 heavy (non-hydrogen) atoms. The number of rotatable bonds is 4. The third-order valence-corrected chi connectivity index (χ3v) is 6.41. The summed E-state index contributed by atoms with van der Waals surface area (Å²) in [7, 11) is -3.67. The number of hydrogen-bond donors (Lipinski definition) is 3. The van der Waals surface area contributed by atoms with Gasteiger partial charge in [-0.05, 0) is 55.5 Å². The van der Waals surface area contributed by atoms with E-state index in [4.69, 9.17) is 4.55 Å². The molecule has 1 fully saturated rings. The number of piperidine rings is 1. The van der Waals surface area contributed by atoms with E-state index < -0.39 is 21.9 Å². The number of likely N-dealkylation sites (tertiary alicyclic amines) is 1. The Hall–Kier alpha value is -2.37. The summed E-state index contributed by atoms with van der Waals surface area (Å²) in [6.07, 6.45) is 1.82. The summed E-state index contributed by atoms with van der Waals surface area (Å²) in [5.74, 6) is -0.388. The largest absolute Gasteiger partial charge is 0.385 e. The Morgan fingerprint density at radius 1 is 1.03 bits per heavy atom. The third-order valence-electron chi connectivity index (χ3n) is 6.41. The van der Waals surface area contributed by atoms with Crippen molar-refractivity contribution in [2.24, 2.45) is 0 Å². The fraction of sp³-hybridized carbons (Fsp3) is 0.458. The Balaban J connectivity index is 0.000000588. The number of para-hydroxylation sites is 1. The number of aliphatic hydroxyl groups excluding tert-OH is 1. The Morgan fingerprint density at radius 2 is 1.59 bits per heavy atom. The molecule has 2 aliphatic rings. The first-order chi connectivity index (χ1) is 15.9. The van der Waals surface area contributed by atoms with Gasteiger partial charge in [-0.15, -0.1) is 0 Å². The second-order valence-corrected chi connectivity index (χ2v) is 10.3. The van der Waals surface area contributed by atoms with Crippen molar-refractivity contribution in [3.8, 4) is 0 Å². The van der Waals surface area contributed by atoms with Crippen LogP contribution >= 0.6 is 0 Å². The molecule has 0 spiro atoms. The number of carbonyl (C=O) groups excluding carboxylic acids is 1. The molecule has 0 radical (unpaired) electrons. The van der Waals surface area contributed by atoms with Crippen LogP contribution in [0.25, 0.3) is 0 Å². The molecule has 8 nitrogen and oxygen atoms in total. The van der Waals surface area contributed by atoms with Gasteiger partial charge in [0.2, 0.25) is 5.91 Å². The van der Waals surface area contributed by atoms with Crippen molar-refractivity contribution >= 4 is 21.7 Å². The molecule has 3 N–H and O–H groups in total. The van der Waals surface area contributed by atoms with E-state index >= 15 is 0 Å². The van der Waals surface area contributed by atoms with Crippen LogP contribution in [-0.4, -0.2) is 65.6 Å². The fourth-order valence-corrected chi connectivity index (χ4v) is 4.50. The molecular formula is C24H31FN2O6S. The van der Waals surface area contributed by atoms with Crippen LogP contribution in [0.3, 0.4) is 0 Å². The van der Waals surface area contributed by atoms with E-state index in [9.17, 15) is 27.8 Å². The molecule has 10 heteroatoms. The number of fused-ring (bicyclic) bond motifs is 1. The van der Waals surface area contributed by atoms with E-state index in [0.717, 1.165) is 11.3 Å². The van der Waals surface area contributed by atoms with Gasteiger partial charge >= 0.3 is 0 Å². The minimum absolute atomic E-state index is 0.0668. The normalized spacial score (nSPS) is 20.1. The lowest BCUT2D eigenvalue weighted by atomic mass is 9.84. The van der Waals surface area contributed by atoms with Crippen LogP contribution < -0.4 is 4.90 Å². The summed E-state index contributed by atoms with van der Waals surface area (Å²) in [5, 5.41) is 22.1. The van der Waals surface area contributed by atoms with E-state index in [1.165, 1.54) is 17.0 Å². The van der Waals surface area contributed by atoms with Crippen LogP contribution in [0.4, 0.5) is 10.1 Å². The lowest BCUT2D eigenvalue weighted by Gasteiger charge is -2.44. The summed E-state index contributed by atoms with van der Waals surface area (Å²) in [5.41, 5.74) is 1.57. The molecule has 2 atom stereocenters. The first-order valence-electron chi connectivity index (χ1n) is 11.1. The summed E-state index contributed by atoms with van der Waals surface area (Å²) in [6, 6.07) is 13.4. The molecule has 2 unspecified atom stereocenters. The summed E-state index contributed by atoms with van der Waals surface area (Å²) in [6.45, 7) is 3.07. The number of hydrogen-bond acceptors (Lipinski definition) is 6. The molecular weight excluding hydrogens is 463 g/mol. The van der Waals surface area contributed by atoms with E-state index in [2.05, 4.69) is 4.90 Å². The standard InChI is InChI=1S/C23H27FN2O3.CH4O3S/c1-16(22(28)26-20-5-3-2-4-17(20)6-11-21(26)27)25-14-12-23(29,13-15-25)18-7-9-19(24)10-8-18;1-5(2,3)4/h2-5,7-10,16,22,28-29H,6,11-15H2,1H3;1H3,(H,2,3,4). The number of benzene rings is 2. The highest BCUT2D eigenvalue weighted by molar-refractivity contribution is 7.85. The van der Waals surface area contributed by atoms with Gasteiger partial charge in [-0.1, -0.05) is 30.3 Å². The number of aryl methyl sites for hydroxylation is 1. The van der Waals surface area contributed by atoms with Gasteiger partial charge in [-0.2, -0.15) is 8.42 Å². The molecule has 0 bridgehead atoms. The van der Waals surface area contributed by atoms with Crippen molar-refractivity contribution in [2.45, 2.75) is 50.5 Å². The van der Waals surface area contributed by atoms with Crippen molar-refractivity contribution in [2.75, 3.05) is 24.2 Å². The van der Waals surface area contributed by atoms with Crippen LogP contribution in [0, 0.1) is 5.82 Å². The highest BCUT2D eigenvalue weighted by Gasteiger charge is 2.39. The monoisotopic (exact) mass is 494 g/mol. The van der Waals surface area contributed by atoms with Gasteiger partial charge in [0.1, 0.15) is 12.0 Å². The van der Waals surface area contributed by atoms with Crippen molar-refractivity contribution in [3.05, 3.63) is 65.5 Å². The van der Waals surface area contributed by atoms with Gasteiger partial charge in [0.05, 0.1) is 17.9 Å². The maximum atomic E-state index is 13.2. The average molecular weight is 495 g/mol. The minimum Gasteiger partial charge on any atom is -0.385 e. The van der Waals surface area contributed by atoms with Crippen molar-refractivity contribution < 1.29 is 32.4 Å². The molecule has 186 valence electrons. The predicted octanol–water partition coefficient (Wildman–Crippen LogP) is 2.30. The zero-order chi connectivity index (χ0) is 25.1. The minimum atomic E-state index is -3.67. The molecule has 1 saturated heterocycles. The van der Waals surface area contributed by atoms with E-state index in [0.29, 0.717) is 50.6 Å². The molecule has 2 heterocycles. The number of nitrogens with zero attached hydrogens (tertiary/aromatic N) is 2. The summed E-state index contributed by atoms with van der Waals surface area (Å²) < 4.78 is 39.1. The van der Waals surface area contributed by atoms with Gasteiger partial charge in [-0.3, -0.25) is 19.1 Å². The van der Waals surface area contributed by atoms with Gasteiger partial charge in [0.25, 0.3) is 10.1 Å². The molecule has 4 rings (SSSR count). The van der Waals surface area contributed by atoms with Crippen LogP contribution in [-0.2, 0) is 26.9 Å². The van der Waals surface area contributed by atoms with Crippen LogP contribution in [0.1, 0.15) is 37.3 Å². The first-order valence-corrected chi connectivity index (χ1v) is 13.0. The van der Waals surface area contributed by atoms with Gasteiger partial charge in [0, 0.05) is 25.2 Å². The van der Waals surface area contributed by atoms with Crippen LogP contribution in [0.2, 0.25) is 0 Å². The number of carbonyl (C=O) groups is 1. The molecule has 0 saturated carbocycles. The lowest BCUT2D eigenvalue weighted by Crippen LogP contribution is -2.56. The second kappa shape index (κ2) is 10.5. The van der Waals surface area contributed by atoms with Crippen LogP contribution in [0.15, 0.2) is 48.5 Å². The third kappa shape index (κ3) is 6.39. The SMILES string of the molecule is CC(C(O)N1C(=O)CCc2ccccc21)N1CCC(O)(c2ccc(F)cc2)CC1.CS(=O)(=O)O. The molecule has 2 aliphatic heterocycles. The highest BCUT2D eigenvalue weighted by atomic mass is 32.2. The molecule has 1 amide bonds. The summed E-state index contributed by atoms with van der Waals surface area (Å²) >= 11 is 0. The van der Waals surface area contributed by atoms with Gasteiger partial charge in [-0.25, -0.2) is 4.39 Å². The Labute approximate surface area is 199 Å². The van der Waals surface area contributed by atoms with E-state index in [1.54, 1.807) is 12.1 Å². The number of amides is 1. The zero-order valence-electron chi connectivity index (χ0n) is 19.3. The van der Waals surface area contributed by atoms with Crippen molar-refractivity contribution in [1.29, 1.82) is 0 Å².